The Hall–Kier alpha value is -3.12. The van der Waals surface area contributed by atoms with Gasteiger partial charge in [-0.3, -0.25) is 9.52 Å². The Labute approximate surface area is 184 Å². The molecular formula is C25H28N2O3S. The van der Waals surface area contributed by atoms with Crippen LogP contribution in [0.3, 0.4) is 0 Å². The average molecular weight is 437 g/mol. The highest BCUT2D eigenvalue weighted by molar-refractivity contribution is 7.92. The lowest BCUT2D eigenvalue weighted by Gasteiger charge is -2.21. The molecule has 0 aliphatic heterocycles. The van der Waals surface area contributed by atoms with Gasteiger partial charge in [0, 0.05) is 11.3 Å². The van der Waals surface area contributed by atoms with Crippen LogP contribution in [0.4, 0.5) is 5.69 Å². The van der Waals surface area contributed by atoms with Crippen molar-refractivity contribution >= 4 is 21.6 Å². The van der Waals surface area contributed by atoms with E-state index in [9.17, 15) is 13.2 Å². The van der Waals surface area contributed by atoms with E-state index < -0.39 is 10.0 Å². The molecule has 0 saturated carbocycles. The molecule has 1 amide bonds. The monoisotopic (exact) mass is 436 g/mol. The van der Waals surface area contributed by atoms with Crippen LogP contribution >= 0.6 is 0 Å². The van der Waals surface area contributed by atoms with Gasteiger partial charge in [-0.1, -0.05) is 67.9 Å². The van der Waals surface area contributed by atoms with Gasteiger partial charge in [-0.25, -0.2) is 8.42 Å². The summed E-state index contributed by atoms with van der Waals surface area (Å²) in [6.07, 6.45) is 0.801. The van der Waals surface area contributed by atoms with Crippen molar-refractivity contribution in [2.75, 3.05) is 4.72 Å². The van der Waals surface area contributed by atoms with Gasteiger partial charge in [0.2, 0.25) is 0 Å². The molecule has 0 unspecified atom stereocenters. The lowest BCUT2D eigenvalue weighted by atomic mass is 9.96. The maximum atomic E-state index is 12.9. The zero-order chi connectivity index (χ0) is 22.4. The molecule has 6 heteroatoms. The van der Waals surface area contributed by atoms with E-state index in [1.807, 2.05) is 37.3 Å². The highest BCUT2D eigenvalue weighted by Gasteiger charge is 2.18. The highest BCUT2D eigenvalue weighted by atomic mass is 32.2. The van der Waals surface area contributed by atoms with Crippen molar-refractivity contribution in [3.8, 4) is 0 Å². The van der Waals surface area contributed by atoms with E-state index >= 15 is 0 Å². The number of aryl methyl sites for hydroxylation is 1. The van der Waals surface area contributed by atoms with Crippen LogP contribution in [-0.2, 0) is 10.0 Å². The van der Waals surface area contributed by atoms with E-state index in [0.29, 0.717) is 17.2 Å². The molecule has 3 aromatic rings. The van der Waals surface area contributed by atoms with Crippen LogP contribution in [0.1, 0.15) is 47.8 Å². The van der Waals surface area contributed by atoms with E-state index in [4.69, 9.17) is 0 Å². The third-order valence-corrected chi connectivity index (χ3v) is 6.32. The van der Waals surface area contributed by atoms with Crippen molar-refractivity contribution < 1.29 is 13.2 Å². The zero-order valence-electron chi connectivity index (χ0n) is 18.0. The predicted molar refractivity (Wildman–Crippen MR) is 125 cm³/mol. The van der Waals surface area contributed by atoms with E-state index in [1.54, 1.807) is 48.5 Å². The average Bonchev–Trinajstić information content (AvgIpc) is 2.74. The number of benzene rings is 3. The van der Waals surface area contributed by atoms with Crippen molar-refractivity contribution in [2.24, 2.45) is 5.92 Å². The summed E-state index contributed by atoms with van der Waals surface area (Å²) in [4.78, 5) is 13.1. The van der Waals surface area contributed by atoms with E-state index in [1.165, 1.54) is 0 Å². The third-order valence-electron chi connectivity index (χ3n) is 4.92. The van der Waals surface area contributed by atoms with E-state index in [-0.39, 0.29) is 16.8 Å². The number of anilines is 1. The van der Waals surface area contributed by atoms with Crippen LogP contribution in [-0.4, -0.2) is 14.3 Å². The maximum Gasteiger partial charge on any atom is 0.261 e. The summed E-state index contributed by atoms with van der Waals surface area (Å²) in [5.41, 5.74) is 2.76. The molecule has 0 fully saturated rings. The molecule has 0 aromatic heterocycles. The predicted octanol–water partition coefficient (Wildman–Crippen LogP) is 5.31. The van der Waals surface area contributed by atoms with Gasteiger partial charge in [0.1, 0.15) is 0 Å². The molecule has 0 saturated heterocycles. The quantitative estimate of drug-likeness (QED) is 0.502. The maximum absolute atomic E-state index is 12.9. The van der Waals surface area contributed by atoms with Gasteiger partial charge in [-0.15, -0.1) is 0 Å². The molecule has 1 atom stereocenters. The number of sulfonamides is 1. The van der Waals surface area contributed by atoms with Gasteiger partial charge in [-0.05, 0) is 55.2 Å². The fourth-order valence-corrected chi connectivity index (χ4v) is 4.38. The molecule has 0 heterocycles. The van der Waals surface area contributed by atoms with E-state index in [0.717, 1.165) is 17.5 Å². The minimum Gasteiger partial charge on any atom is -0.345 e. The summed E-state index contributed by atoms with van der Waals surface area (Å²) in [6, 6.07) is 22.9. The molecular weight excluding hydrogens is 408 g/mol. The number of hydrogen-bond donors (Lipinski definition) is 2. The normalized spacial score (nSPS) is 12.4. The van der Waals surface area contributed by atoms with Crippen LogP contribution in [0.15, 0.2) is 83.8 Å². The first-order chi connectivity index (χ1) is 14.7. The highest BCUT2D eigenvalue weighted by Crippen LogP contribution is 2.23. The van der Waals surface area contributed by atoms with Gasteiger partial charge in [-0.2, -0.15) is 0 Å². The van der Waals surface area contributed by atoms with Crippen molar-refractivity contribution in [1.29, 1.82) is 0 Å². The minimum atomic E-state index is -3.74. The van der Waals surface area contributed by atoms with Gasteiger partial charge in [0.05, 0.1) is 10.9 Å². The first-order valence-corrected chi connectivity index (χ1v) is 11.8. The molecule has 31 heavy (non-hydrogen) atoms. The molecule has 0 aliphatic rings. The molecule has 0 spiro atoms. The number of nitrogens with one attached hydrogen (secondary N) is 2. The van der Waals surface area contributed by atoms with Crippen LogP contribution in [0.25, 0.3) is 0 Å². The second-order valence-electron chi connectivity index (χ2n) is 8.07. The fourth-order valence-electron chi connectivity index (χ4n) is 3.33. The zero-order valence-corrected chi connectivity index (χ0v) is 18.8. The van der Waals surface area contributed by atoms with Gasteiger partial charge < -0.3 is 5.32 Å². The summed E-state index contributed by atoms with van der Waals surface area (Å²) in [6.45, 7) is 6.12. The molecule has 0 radical (unpaired) electrons. The Morgan fingerprint density at radius 2 is 1.58 bits per heavy atom. The molecule has 0 bridgehead atoms. The molecule has 2 N–H and O–H groups in total. The summed E-state index contributed by atoms with van der Waals surface area (Å²) in [7, 11) is -3.74. The molecule has 162 valence electrons. The first kappa shape index (κ1) is 22.6. The molecule has 5 nitrogen and oxygen atoms in total. The molecule has 0 aliphatic carbocycles. The first-order valence-electron chi connectivity index (χ1n) is 10.3. The van der Waals surface area contributed by atoms with Gasteiger partial charge in [0.25, 0.3) is 15.9 Å². The Morgan fingerprint density at radius 3 is 2.23 bits per heavy atom. The Balaban J connectivity index is 1.78. The number of rotatable bonds is 8. The smallest absolute Gasteiger partial charge is 0.261 e. The minimum absolute atomic E-state index is 0.124. The Morgan fingerprint density at radius 1 is 0.903 bits per heavy atom. The largest absolute Gasteiger partial charge is 0.345 e. The topological polar surface area (TPSA) is 75.3 Å². The lowest BCUT2D eigenvalue weighted by molar-refractivity contribution is 0.0932. The Kier molecular flexibility index (Phi) is 7.13. The number of hydrogen-bond acceptors (Lipinski definition) is 3. The number of carbonyl (C=O) groups excluding carboxylic acids is 1. The van der Waals surface area contributed by atoms with Crippen molar-refractivity contribution in [3.63, 3.8) is 0 Å². The van der Waals surface area contributed by atoms with Crippen molar-refractivity contribution in [1.82, 2.24) is 5.32 Å². The fraction of sp³-hybridized carbons (Fsp3) is 0.240. The summed E-state index contributed by atoms with van der Waals surface area (Å²) >= 11 is 0. The number of amides is 1. The lowest BCUT2D eigenvalue weighted by Crippen LogP contribution is -2.29. The third kappa shape index (κ3) is 6.18. The van der Waals surface area contributed by atoms with Crippen molar-refractivity contribution in [3.05, 3.63) is 95.6 Å². The standard InChI is InChI=1S/C25H28N2O3S/c1-18(2)16-24(20-8-5-4-6-9-20)26-25(28)21-10-7-11-22(17-21)27-31(29,30)23-14-12-19(3)13-15-23/h4-15,17-18,24,27H,16H2,1-3H3,(H,26,28)/t24-/m1/s1. The Bertz CT molecular complexity index is 1120. The molecule has 3 aromatic carbocycles. The molecule has 3 rings (SSSR count). The SMILES string of the molecule is Cc1ccc(S(=O)(=O)Nc2cccc(C(=O)N[C@H](CC(C)C)c3ccccc3)c2)cc1. The van der Waals surface area contributed by atoms with Crippen molar-refractivity contribution in [2.45, 2.75) is 38.1 Å². The second kappa shape index (κ2) is 9.79. The summed E-state index contributed by atoms with van der Waals surface area (Å²) < 4.78 is 27.9. The van der Waals surface area contributed by atoms with Gasteiger partial charge in [0.15, 0.2) is 0 Å². The number of carbonyl (C=O) groups is 1. The van der Waals surface area contributed by atoms with Gasteiger partial charge >= 0.3 is 0 Å². The van der Waals surface area contributed by atoms with Crippen LogP contribution < -0.4 is 10.0 Å². The van der Waals surface area contributed by atoms with Crippen LogP contribution in [0, 0.1) is 12.8 Å². The van der Waals surface area contributed by atoms with Crippen LogP contribution in [0.2, 0.25) is 0 Å². The summed E-state index contributed by atoms with van der Waals surface area (Å²) in [5.74, 6) is 0.157. The second-order valence-corrected chi connectivity index (χ2v) is 9.75. The summed E-state index contributed by atoms with van der Waals surface area (Å²) in [5, 5.41) is 3.09. The van der Waals surface area contributed by atoms with E-state index in [2.05, 4.69) is 23.9 Å². The van der Waals surface area contributed by atoms with Crippen LogP contribution in [0.5, 0.6) is 0 Å².